The number of aryl methyl sites for hydroxylation is 1. The minimum atomic E-state index is -0.105. The van der Waals surface area contributed by atoms with E-state index in [-0.39, 0.29) is 12.0 Å². The molecule has 1 aromatic carbocycles. The largest absolute Gasteiger partial charge is 0.397 e. The van der Waals surface area contributed by atoms with Crippen LogP contribution in [0.1, 0.15) is 24.8 Å². The molecule has 0 aromatic heterocycles. The molecule has 0 radical (unpaired) electrons. The van der Waals surface area contributed by atoms with Crippen molar-refractivity contribution in [3.8, 4) is 0 Å². The second-order valence-electron chi connectivity index (χ2n) is 5.19. The summed E-state index contributed by atoms with van der Waals surface area (Å²) in [5.41, 5.74) is 8.10. The van der Waals surface area contributed by atoms with E-state index >= 15 is 0 Å². The van der Waals surface area contributed by atoms with Crippen molar-refractivity contribution < 1.29 is 14.3 Å². The maximum Gasteiger partial charge on any atom is 0.226 e. The molecule has 1 aromatic rings. The van der Waals surface area contributed by atoms with Gasteiger partial charge in [0.2, 0.25) is 5.91 Å². The van der Waals surface area contributed by atoms with Crippen LogP contribution in [0, 0.1) is 6.92 Å². The van der Waals surface area contributed by atoms with Crippen LogP contribution in [0.3, 0.4) is 0 Å². The molecular weight excluding hydrogens is 336 g/mol. The molecule has 21 heavy (non-hydrogen) atoms. The van der Waals surface area contributed by atoms with Gasteiger partial charge in [-0.25, -0.2) is 0 Å². The minimum absolute atomic E-state index is 0.105. The fraction of sp³-hybridized carbons (Fsp3) is 0.533. The van der Waals surface area contributed by atoms with Gasteiger partial charge in [-0.2, -0.15) is 0 Å². The normalized spacial score (nSPS) is 17.9. The molecule has 1 aliphatic rings. The van der Waals surface area contributed by atoms with Crippen LogP contribution in [0.2, 0.25) is 0 Å². The second-order valence-corrected chi connectivity index (χ2v) is 6.11. The highest BCUT2D eigenvalue weighted by Crippen LogP contribution is 2.27. The van der Waals surface area contributed by atoms with Gasteiger partial charge in [0.1, 0.15) is 0 Å². The number of halogens is 1. The van der Waals surface area contributed by atoms with Gasteiger partial charge in [0, 0.05) is 11.1 Å². The third kappa shape index (κ3) is 4.98. The molecule has 1 fully saturated rings. The molecule has 1 aliphatic heterocycles. The van der Waals surface area contributed by atoms with Crippen LogP contribution < -0.4 is 11.1 Å². The molecule has 116 valence electrons. The van der Waals surface area contributed by atoms with E-state index in [0.717, 1.165) is 29.5 Å². The van der Waals surface area contributed by atoms with E-state index in [2.05, 4.69) is 21.2 Å². The number of anilines is 2. The van der Waals surface area contributed by atoms with E-state index in [9.17, 15) is 4.79 Å². The zero-order valence-corrected chi connectivity index (χ0v) is 13.7. The average molecular weight is 357 g/mol. The summed E-state index contributed by atoms with van der Waals surface area (Å²) in [7, 11) is 0. The van der Waals surface area contributed by atoms with Crippen LogP contribution in [-0.2, 0) is 14.3 Å². The zero-order valence-electron chi connectivity index (χ0n) is 12.2. The van der Waals surface area contributed by atoms with Crippen molar-refractivity contribution >= 4 is 33.2 Å². The molecule has 1 atom stereocenters. The van der Waals surface area contributed by atoms with Crippen LogP contribution >= 0.6 is 15.9 Å². The maximum atomic E-state index is 11.9. The van der Waals surface area contributed by atoms with E-state index in [1.807, 2.05) is 13.0 Å². The Balaban J connectivity index is 1.74. The molecule has 3 N–H and O–H groups in total. The molecule has 1 amide bonds. The van der Waals surface area contributed by atoms with Crippen molar-refractivity contribution in [1.82, 2.24) is 0 Å². The smallest absolute Gasteiger partial charge is 0.226 e. The number of carbonyl (C=O) groups is 1. The first-order valence-corrected chi connectivity index (χ1v) is 7.90. The van der Waals surface area contributed by atoms with Crippen molar-refractivity contribution in [2.45, 2.75) is 32.3 Å². The molecule has 0 bridgehead atoms. The van der Waals surface area contributed by atoms with Crippen LogP contribution in [0.5, 0.6) is 0 Å². The Morgan fingerprint density at radius 2 is 2.38 bits per heavy atom. The SMILES string of the molecule is Cc1cc(Br)cc(NC(=O)CCOCC2CCCO2)c1N. The first-order chi connectivity index (χ1) is 10.1. The predicted molar refractivity (Wildman–Crippen MR) is 86.3 cm³/mol. The monoisotopic (exact) mass is 356 g/mol. The van der Waals surface area contributed by atoms with Crippen molar-refractivity contribution in [3.63, 3.8) is 0 Å². The average Bonchev–Trinajstić information content (AvgIpc) is 2.93. The third-order valence-electron chi connectivity index (χ3n) is 3.43. The Kier molecular flexibility index (Phi) is 6.02. The number of nitrogen functional groups attached to an aromatic ring is 1. The summed E-state index contributed by atoms with van der Waals surface area (Å²) in [5, 5.41) is 2.82. The summed E-state index contributed by atoms with van der Waals surface area (Å²) < 4.78 is 11.8. The first kappa shape index (κ1) is 16.3. The molecule has 1 heterocycles. The maximum absolute atomic E-state index is 11.9. The number of nitrogens with two attached hydrogens (primary N) is 1. The predicted octanol–water partition coefficient (Wildman–Crippen LogP) is 2.86. The Hall–Kier alpha value is -1.11. The highest BCUT2D eigenvalue weighted by atomic mass is 79.9. The number of benzene rings is 1. The van der Waals surface area contributed by atoms with E-state index in [0.29, 0.717) is 31.0 Å². The summed E-state index contributed by atoms with van der Waals surface area (Å²) >= 11 is 3.39. The number of carbonyl (C=O) groups excluding carboxylic acids is 1. The first-order valence-electron chi connectivity index (χ1n) is 7.11. The molecule has 6 heteroatoms. The molecule has 0 saturated carbocycles. The number of hydrogen-bond donors (Lipinski definition) is 2. The number of amides is 1. The van der Waals surface area contributed by atoms with Gasteiger partial charge in [-0.05, 0) is 37.5 Å². The van der Waals surface area contributed by atoms with E-state index < -0.39 is 0 Å². The van der Waals surface area contributed by atoms with Crippen LogP contribution in [0.15, 0.2) is 16.6 Å². The summed E-state index contributed by atoms with van der Waals surface area (Å²) in [6.45, 7) is 3.67. The fourth-order valence-corrected chi connectivity index (χ4v) is 2.80. The molecule has 1 unspecified atom stereocenters. The molecular formula is C15H21BrN2O3. The Bertz CT molecular complexity index is 502. The van der Waals surface area contributed by atoms with Crippen molar-refractivity contribution in [1.29, 1.82) is 0 Å². The van der Waals surface area contributed by atoms with Gasteiger partial charge in [-0.15, -0.1) is 0 Å². The molecule has 2 rings (SSSR count). The van der Waals surface area contributed by atoms with Crippen molar-refractivity contribution in [2.24, 2.45) is 0 Å². The Morgan fingerprint density at radius 1 is 1.57 bits per heavy atom. The topological polar surface area (TPSA) is 73.6 Å². The highest BCUT2D eigenvalue weighted by molar-refractivity contribution is 9.10. The Morgan fingerprint density at radius 3 is 3.10 bits per heavy atom. The summed E-state index contributed by atoms with van der Waals surface area (Å²) in [4.78, 5) is 11.9. The van der Waals surface area contributed by atoms with Gasteiger partial charge in [0.25, 0.3) is 0 Å². The minimum Gasteiger partial charge on any atom is -0.397 e. The quantitative estimate of drug-likeness (QED) is 0.607. The lowest BCUT2D eigenvalue weighted by atomic mass is 10.1. The summed E-state index contributed by atoms with van der Waals surface area (Å²) in [6.07, 6.45) is 2.63. The van der Waals surface area contributed by atoms with Gasteiger partial charge < -0.3 is 20.5 Å². The van der Waals surface area contributed by atoms with Gasteiger partial charge in [-0.3, -0.25) is 4.79 Å². The van der Waals surface area contributed by atoms with Gasteiger partial charge in [0.15, 0.2) is 0 Å². The lowest BCUT2D eigenvalue weighted by molar-refractivity contribution is -0.117. The second kappa shape index (κ2) is 7.77. The lowest BCUT2D eigenvalue weighted by Crippen LogP contribution is -2.19. The van der Waals surface area contributed by atoms with Gasteiger partial charge in [0.05, 0.1) is 37.1 Å². The van der Waals surface area contributed by atoms with E-state index in [4.69, 9.17) is 15.2 Å². The molecule has 5 nitrogen and oxygen atoms in total. The fourth-order valence-electron chi connectivity index (χ4n) is 2.23. The van der Waals surface area contributed by atoms with Gasteiger partial charge in [-0.1, -0.05) is 15.9 Å². The van der Waals surface area contributed by atoms with Crippen LogP contribution in [0.25, 0.3) is 0 Å². The van der Waals surface area contributed by atoms with Crippen molar-refractivity contribution in [2.75, 3.05) is 30.9 Å². The lowest BCUT2D eigenvalue weighted by Gasteiger charge is -2.12. The third-order valence-corrected chi connectivity index (χ3v) is 3.88. The highest BCUT2D eigenvalue weighted by Gasteiger charge is 2.15. The standard InChI is InChI=1S/C15H21BrN2O3/c1-10-7-11(16)8-13(15(10)17)18-14(19)4-6-20-9-12-3-2-5-21-12/h7-8,12H,2-6,9,17H2,1H3,(H,18,19). The molecule has 1 saturated heterocycles. The number of hydrogen-bond acceptors (Lipinski definition) is 4. The van der Waals surface area contributed by atoms with Crippen molar-refractivity contribution in [3.05, 3.63) is 22.2 Å². The summed E-state index contributed by atoms with van der Waals surface area (Å²) in [5.74, 6) is -0.105. The number of ether oxygens (including phenoxy) is 2. The van der Waals surface area contributed by atoms with Crippen LogP contribution in [-0.4, -0.2) is 31.8 Å². The van der Waals surface area contributed by atoms with Crippen LogP contribution in [0.4, 0.5) is 11.4 Å². The number of nitrogens with one attached hydrogen (secondary N) is 1. The summed E-state index contributed by atoms with van der Waals surface area (Å²) in [6, 6.07) is 3.71. The van der Waals surface area contributed by atoms with E-state index in [1.54, 1.807) is 6.07 Å². The number of rotatable bonds is 6. The molecule has 0 aliphatic carbocycles. The van der Waals surface area contributed by atoms with E-state index in [1.165, 1.54) is 0 Å². The molecule has 0 spiro atoms. The Labute approximate surface area is 133 Å². The zero-order chi connectivity index (χ0) is 15.2. The van der Waals surface area contributed by atoms with Gasteiger partial charge >= 0.3 is 0 Å².